The number of aryl methyl sites for hydroxylation is 1. The monoisotopic (exact) mass is 322 g/mol. The van der Waals surface area contributed by atoms with E-state index < -0.39 is 11.5 Å². The van der Waals surface area contributed by atoms with E-state index in [0.29, 0.717) is 5.82 Å². The molecule has 1 aromatic heterocycles. The molecular weight excluding hydrogens is 312 g/mol. The van der Waals surface area contributed by atoms with Crippen LogP contribution >= 0.6 is 15.9 Å². The maximum Gasteiger partial charge on any atom is 0.336 e. The Kier molecular flexibility index (Phi) is 3.71. The van der Waals surface area contributed by atoms with Crippen molar-refractivity contribution in [2.75, 3.05) is 5.32 Å². The fourth-order valence-corrected chi connectivity index (χ4v) is 2.19. The van der Waals surface area contributed by atoms with E-state index in [1.807, 2.05) is 25.1 Å². The van der Waals surface area contributed by atoms with Gasteiger partial charge in [-0.3, -0.25) is 4.79 Å². The van der Waals surface area contributed by atoms with Crippen molar-refractivity contribution in [1.29, 1.82) is 0 Å². The van der Waals surface area contributed by atoms with Crippen molar-refractivity contribution in [1.82, 2.24) is 4.98 Å². The summed E-state index contributed by atoms with van der Waals surface area (Å²) in [4.78, 5) is 24.8. The Hall–Kier alpha value is -2.08. The van der Waals surface area contributed by atoms with Crippen LogP contribution in [0.1, 0.15) is 15.9 Å². The Morgan fingerprint density at radius 1 is 1.32 bits per heavy atom. The zero-order chi connectivity index (χ0) is 14.0. The molecule has 0 radical (unpaired) electrons. The summed E-state index contributed by atoms with van der Waals surface area (Å²) in [5.74, 6) is -0.813. The summed E-state index contributed by atoms with van der Waals surface area (Å²) < 4.78 is 0.828. The van der Waals surface area contributed by atoms with Gasteiger partial charge in [-0.1, -0.05) is 6.07 Å². The standard InChI is InChI=1S/C13H11BrN2O3/c1-7-2-3-10(9(14)4-7)15-11-5-8(13(18)19)6-12(17)16-11/h2-6H,1H3,(H,18,19)(H2,15,16,17). The maximum atomic E-state index is 11.4. The molecular formula is C13H11BrN2O3. The van der Waals surface area contributed by atoms with Gasteiger partial charge in [-0.15, -0.1) is 0 Å². The SMILES string of the molecule is Cc1ccc(Nc2cc(C(=O)O)cc(=O)[nH]2)c(Br)c1. The Labute approximate surface area is 117 Å². The van der Waals surface area contributed by atoms with Crippen LogP contribution in [0, 0.1) is 6.92 Å². The number of benzene rings is 1. The molecule has 3 N–H and O–H groups in total. The van der Waals surface area contributed by atoms with Crippen LogP contribution in [0.4, 0.5) is 11.5 Å². The summed E-state index contributed by atoms with van der Waals surface area (Å²) in [6.45, 7) is 1.96. The van der Waals surface area contributed by atoms with Gasteiger partial charge in [-0.05, 0) is 46.6 Å². The van der Waals surface area contributed by atoms with Crippen LogP contribution in [0.5, 0.6) is 0 Å². The first-order chi connectivity index (χ1) is 8.95. The molecule has 0 saturated carbocycles. The quantitative estimate of drug-likeness (QED) is 0.811. The van der Waals surface area contributed by atoms with Gasteiger partial charge in [-0.25, -0.2) is 4.79 Å². The van der Waals surface area contributed by atoms with Crippen LogP contribution in [0.3, 0.4) is 0 Å². The second kappa shape index (κ2) is 5.27. The number of rotatable bonds is 3. The van der Waals surface area contributed by atoms with E-state index in [-0.39, 0.29) is 5.56 Å². The number of carbonyl (C=O) groups is 1. The third-order valence-corrected chi connectivity index (χ3v) is 3.14. The molecule has 0 aliphatic carbocycles. The van der Waals surface area contributed by atoms with Gasteiger partial charge < -0.3 is 15.4 Å². The highest BCUT2D eigenvalue weighted by Crippen LogP contribution is 2.25. The van der Waals surface area contributed by atoms with Crippen LogP contribution < -0.4 is 10.9 Å². The molecule has 5 nitrogen and oxygen atoms in total. The molecule has 0 fully saturated rings. The van der Waals surface area contributed by atoms with Crippen molar-refractivity contribution in [3.8, 4) is 0 Å². The molecule has 0 spiro atoms. The molecule has 19 heavy (non-hydrogen) atoms. The summed E-state index contributed by atoms with van der Waals surface area (Å²) in [5.41, 5.74) is 1.30. The largest absolute Gasteiger partial charge is 0.478 e. The fourth-order valence-electron chi connectivity index (χ4n) is 1.60. The van der Waals surface area contributed by atoms with Gasteiger partial charge in [0.15, 0.2) is 0 Å². The summed E-state index contributed by atoms with van der Waals surface area (Å²) >= 11 is 3.40. The zero-order valence-corrected chi connectivity index (χ0v) is 11.6. The molecule has 0 unspecified atom stereocenters. The highest BCUT2D eigenvalue weighted by molar-refractivity contribution is 9.10. The molecule has 0 atom stereocenters. The topological polar surface area (TPSA) is 82.2 Å². The first-order valence-corrected chi connectivity index (χ1v) is 6.26. The average Bonchev–Trinajstić information content (AvgIpc) is 2.32. The van der Waals surface area contributed by atoms with Gasteiger partial charge in [-0.2, -0.15) is 0 Å². The number of H-pyrrole nitrogens is 1. The lowest BCUT2D eigenvalue weighted by Crippen LogP contribution is -2.11. The van der Waals surface area contributed by atoms with E-state index in [0.717, 1.165) is 21.8 Å². The summed E-state index contributed by atoms with van der Waals surface area (Å²) in [6.07, 6.45) is 0. The lowest BCUT2D eigenvalue weighted by Gasteiger charge is -2.09. The highest BCUT2D eigenvalue weighted by Gasteiger charge is 2.07. The second-order valence-corrected chi connectivity index (χ2v) is 4.91. The fraction of sp³-hybridized carbons (Fsp3) is 0.0769. The smallest absolute Gasteiger partial charge is 0.336 e. The predicted molar refractivity (Wildman–Crippen MR) is 76.2 cm³/mol. The number of hydrogen-bond donors (Lipinski definition) is 3. The number of pyridine rings is 1. The number of carboxylic acid groups (broad SMARTS) is 1. The van der Waals surface area contributed by atoms with Crippen LogP contribution in [0.25, 0.3) is 0 Å². The van der Waals surface area contributed by atoms with Crippen molar-refractivity contribution in [2.24, 2.45) is 0 Å². The first-order valence-electron chi connectivity index (χ1n) is 5.46. The molecule has 1 aromatic carbocycles. The Balaban J connectivity index is 2.38. The lowest BCUT2D eigenvalue weighted by molar-refractivity contribution is 0.0696. The van der Waals surface area contributed by atoms with E-state index in [1.165, 1.54) is 6.07 Å². The molecule has 0 saturated heterocycles. The van der Waals surface area contributed by atoms with Crippen molar-refractivity contribution >= 4 is 33.4 Å². The Morgan fingerprint density at radius 2 is 2.05 bits per heavy atom. The van der Waals surface area contributed by atoms with E-state index in [4.69, 9.17) is 5.11 Å². The number of carboxylic acids is 1. The molecule has 2 rings (SSSR count). The summed E-state index contributed by atoms with van der Waals surface area (Å²) in [7, 11) is 0. The van der Waals surface area contributed by atoms with E-state index in [2.05, 4.69) is 26.2 Å². The summed E-state index contributed by atoms with van der Waals surface area (Å²) in [5, 5.41) is 11.9. The van der Waals surface area contributed by atoms with Gasteiger partial charge in [0.2, 0.25) is 5.56 Å². The number of aromatic amines is 1. The molecule has 0 aliphatic heterocycles. The summed E-state index contributed by atoms with van der Waals surface area (Å²) in [6, 6.07) is 8.08. The first kappa shape index (κ1) is 13.4. The van der Waals surface area contributed by atoms with E-state index in [9.17, 15) is 9.59 Å². The van der Waals surface area contributed by atoms with Crippen molar-refractivity contribution in [3.05, 3.63) is 56.3 Å². The maximum absolute atomic E-state index is 11.4. The minimum atomic E-state index is -1.14. The number of nitrogens with one attached hydrogen (secondary N) is 2. The minimum Gasteiger partial charge on any atom is -0.478 e. The van der Waals surface area contributed by atoms with Crippen LogP contribution in [-0.4, -0.2) is 16.1 Å². The van der Waals surface area contributed by atoms with Gasteiger partial charge in [0.25, 0.3) is 0 Å². The molecule has 98 valence electrons. The molecule has 0 aliphatic rings. The molecule has 2 aromatic rings. The predicted octanol–water partition coefficient (Wildman–Crippen LogP) is 2.89. The van der Waals surface area contributed by atoms with Crippen molar-refractivity contribution in [2.45, 2.75) is 6.92 Å². The Morgan fingerprint density at radius 3 is 2.68 bits per heavy atom. The van der Waals surface area contributed by atoms with E-state index >= 15 is 0 Å². The third kappa shape index (κ3) is 3.23. The van der Waals surface area contributed by atoms with Crippen molar-refractivity contribution in [3.63, 3.8) is 0 Å². The van der Waals surface area contributed by atoms with E-state index in [1.54, 1.807) is 0 Å². The number of hydrogen-bond acceptors (Lipinski definition) is 3. The lowest BCUT2D eigenvalue weighted by atomic mass is 10.2. The van der Waals surface area contributed by atoms with Crippen LogP contribution in [0.2, 0.25) is 0 Å². The zero-order valence-electron chi connectivity index (χ0n) is 10.0. The minimum absolute atomic E-state index is 0.0607. The second-order valence-electron chi connectivity index (χ2n) is 4.06. The van der Waals surface area contributed by atoms with Crippen LogP contribution in [0.15, 0.2) is 39.6 Å². The van der Waals surface area contributed by atoms with Gasteiger partial charge in [0.1, 0.15) is 5.82 Å². The van der Waals surface area contributed by atoms with Crippen LogP contribution in [-0.2, 0) is 0 Å². The number of halogens is 1. The molecule has 0 bridgehead atoms. The molecule has 1 heterocycles. The van der Waals surface area contributed by atoms with Gasteiger partial charge >= 0.3 is 5.97 Å². The average molecular weight is 323 g/mol. The number of anilines is 2. The normalized spacial score (nSPS) is 10.2. The molecule has 0 amide bonds. The number of aromatic nitrogens is 1. The number of aromatic carboxylic acids is 1. The van der Waals surface area contributed by atoms with Crippen molar-refractivity contribution < 1.29 is 9.90 Å². The third-order valence-electron chi connectivity index (χ3n) is 2.49. The highest BCUT2D eigenvalue weighted by atomic mass is 79.9. The molecule has 6 heteroatoms. The van der Waals surface area contributed by atoms with Gasteiger partial charge in [0.05, 0.1) is 11.3 Å². The Bertz CT molecular complexity index is 695. The van der Waals surface area contributed by atoms with Gasteiger partial charge in [0, 0.05) is 10.5 Å².